The van der Waals surface area contributed by atoms with Crippen LogP contribution < -0.4 is 30.8 Å². The Bertz CT molecular complexity index is 5810. The van der Waals surface area contributed by atoms with E-state index in [4.69, 9.17) is 4.74 Å². The van der Waals surface area contributed by atoms with Gasteiger partial charge in [-0.1, -0.05) is 334 Å². The van der Waals surface area contributed by atoms with Crippen LogP contribution in [0.4, 0.5) is 22.7 Å². The van der Waals surface area contributed by atoms with E-state index in [1.165, 1.54) is 105 Å². The summed E-state index contributed by atoms with van der Waals surface area (Å²) >= 11 is 0. The molecule has 112 heavy (non-hydrogen) atoms. The van der Waals surface area contributed by atoms with Crippen molar-refractivity contribution >= 4 is 77.0 Å². The minimum Gasteiger partial charge on any atom is -0.286 e. The Hall–Kier alpha value is -12.6. The summed E-state index contributed by atoms with van der Waals surface area (Å²) in [6.07, 6.45) is 0. The second-order valence-electron chi connectivity index (χ2n) is 28.7. The fraction of sp³-hybridized carbons (Fsp3) is 0.0606. The van der Waals surface area contributed by atoms with E-state index in [2.05, 4.69) is 258 Å². The van der Waals surface area contributed by atoms with Gasteiger partial charge in [0.1, 0.15) is 0 Å². The van der Waals surface area contributed by atoms with E-state index >= 15 is 0 Å². The van der Waals surface area contributed by atoms with Gasteiger partial charge in [-0.2, -0.15) is 0 Å². The smallest absolute Gasteiger partial charge is 0.286 e. The SMILES string of the molecule is CC(C)(C)N(P=O)c1ccccc1.O=PN(c1ccccc1)c1ccccc1.O=Pc1nc(-c2ccccc2)nc(-c2ccccc2)n1.c1ccc(N=P(c2ccccc2)(c2ccc3c(c2)C2(c4ccccc4-c4ccccc42)c2ccccc2-3)c2ccc3c(c2)C2(c4ccccc4-c4ccccc42)c2ccccc2-3)cc1. The largest absolute Gasteiger partial charge is 0.287 e. The van der Waals surface area contributed by atoms with E-state index in [1.54, 1.807) is 4.67 Å². The van der Waals surface area contributed by atoms with Gasteiger partial charge in [0.15, 0.2) is 11.6 Å². The zero-order valence-electron chi connectivity index (χ0n) is 61.7. The lowest BCUT2D eigenvalue weighted by Crippen LogP contribution is -2.33. The molecule has 16 aromatic rings. The van der Waals surface area contributed by atoms with Crippen molar-refractivity contribution < 1.29 is 13.7 Å². The second-order valence-corrected chi connectivity index (χ2v) is 33.4. The number of anilines is 3. The van der Waals surface area contributed by atoms with E-state index in [-0.39, 0.29) is 36.8 Å². The lowest BCUT2D eigenvalue weighted by Gasteiger charge is -2.34. The summed E-state index contributed by atoms with van der Waals surface area (Å²) in [5, 5.41) is 3.71. The van der Waals surface area contributed by atoms with Crippen molar-refractivity contribution in [2.75, 3.05) is 9.34 Å². The molecule has 20 rings (SSSR count). The van der Waals surface area contributed by atoms with E-state index in [0.29, 0.717) is 11.6 Å². The summed E-state index contributed by atoms with van der Waals surface area (Å²) in [6, 6.07) is 140. The third kappa shape index (κ3) is 12.8. The number of hydrogen-bond acceptors (Lipinski definition) is 7. The van der Waals surface area contributed by atoms with Crippen LogP contribution in [0.3, 0.4) is 0 Å². The van der Waals surface area contributed by atoms with Crippen molar-refractivity contribution in [1.29, 1.82) is 0 Å². The Kier molecular flexibility index (Phi) is 20.1. The zero-order chi connectivity index (χ0) is 76.2. The number of rotatable bonds is 12. The van der Waals surface area contributed by atoms with Crippen LogP contribution >= 0.6 is 32.7 Å². The molecule has 0 fully saturated rings. The molecule has 0 saturated carbocycles. The maximum atomic E-state index is 11.1. The Morgan fingerprint density at radius 3 is 0.911 bits per heavy atom. The fourth-order valence-corrected chi connectivity index (χ4v) is 21.6. The maximum absolute atomic E-state index is 11.1. The molecule has 4 aliphatic carbocycles. The van der Waals surface area contributed by atoms with Crippen molar-refractivity contribution in [3.63, 3.8) is 0 Å². The summed E-state index contributed by atoms with van der Waals surface area (Å²) in [4.78, 5) is 12.9. The summed E-state index contributed by atoms with van der Waals surface area (Å²) in [7, 11) is -3.06. The van der Waals surface area contributed by atoms with Gasteiger partial charge < -0.3 is 0 Å². The van der Waals surface area contributed by atoms with E-state index in [0.717, 1.165) is 33.9 Å². The first-order valence-electron chi connectivity index (χ1n) is 37.3. The summed E-state index contributed by atoms with van der Waals surface area (Å²) < 4.78 is 42.9. The first-order chi connectivity index (χ1) is 55.1. The molecule has 9 nitrogen and oxygen atoms in total. The molecule has 0 saturated heterocycles. The topological polar surface area (TPSA) is 109 Å². The Balaban J connectivity index is 0.000000152. The number of benzene rings is 15. The third-order valence-electron chi connectivity index (χ3n) is 21.4. The monoisotopic (exact) mass is 1520 g/mol. The quantitative estimate of drug-likeness (QED) is 0.111. The molecule has 4 aliphatic rings. The average Bonchev–Trinajstić information content (AvgIpc) is 1.43. The van der Waals surface area contributed by atoms with Crippen molar-refractivity contribution in [3.8, 4) is 67.3 Å². The molecule has 538 valence electrons. The number of aromatic nitrogens is 3. The van der Waals surface area contributed by atoms with Gasteiger partial charge in [0.2, 0.25) is 14.0 Å². The molecular formula is C99H74N6O3P4. The van der Waals surface area contributed by atoms with Gasteiger partial charge in [-0.3, -0.25) is 18.7 Å². The first kappa shape index (κ1) is 72.3. The van der Waals surface area contributed by atoms with Gasteiger partial charge in [0.05, 0.1) is 34.9 Å². The predicted molar refractivity (Wildman–Crippen MR) is 463 cm³/mol. The Morgan fingerprint density at radius 1 is 0.295 bits per heavy atom. The minimum atomic E-state index is -2.86. The molecule has 15 aromatic carbocycles. The van der Waals surface area contributed by atoms with Crippen LogP contribution in [-0.2, 0) is 24.5 Å². The molecule has 2 spiro atoms. The van der Waals surface area contributed by atoms with Crippen molar-refractivity contribution in [2.45, 2.75) is 37.1 Å². The van der Waals surface area contributed by atoms with Crippen LogP contribution in [-0.4, -0.2) is 20.5 Å². The van der Waals surface area contributed by atoms with Crippen LogP contribution in [0.5, 0.6) is 0 Å². The number of fused-ring (bicyclic) bond motifs is 20. The van der Waals surface area contributed by atoms with Crippen molar-refractivity contribution in [1.82, 2.24) is 15.0 Å². The standard InChI is InChI=1S/C62H40NP.C15H10N3OP.C12H10NOP.C10H14NOP/c1-3-19-41(20-4-1)63-64(42-21-5-2-6-22-42,43-35-37-51-49-27-11-17-33-57(49)61(59(51)39-43)53-29-13-7-23-45(53)46-24-8-14-30-54(46)61)44-36-38-52-50-28-12-18-34-58(50)62(60(52)40-44)55-31-15-9-25-47(55)48-26-10-16-32-56(48)62;19-20-15-17-13(11-7-3-1-4-8-11)16-14(18-15)12-9-5-2-6-10-12;14-15-13(11-7-3-1-4-8-11)12-9-5-2-6-10-12;1-10(2,3)11(13-12)9-7-5-4-6-8-9/h1-40H;1-10H;1-10H;4-8H,1-3H3. The highest BCUT2D eigenvalue weighted by Crippen LogP contribution is 2.66. The molecule has 0 N–H and O–H groups in total. The normalized spacial score (nSPS) is 12.9. The highest BCUT2D eigenvalue weighted by Gasteiger charge is 2.54. The van der Waals surface area contributed by atoms with E-state index in [9.17, 15) is 13.7 Å². The lowest BCUT2D eigenvalue weighted by molar-refractivity contribution is 0.553. The number of para-hydroxylation sites is 3. The van der Waals surface area contributed by atoms with Gasteiger partial charge in [0, 0.05) is 38.3 Å². The van der Waals surface area contributed by atoms with E-state index in [1.807, 2.05) is 177 Å². The highest BCUT2D eigenvalue weighted by atomic mass is 31.2. The summed E-state index contributed by atoms with van der Waals surface area (Å²) in [5.41, 5.74) is 25.9. The molecule has 0 unspecified atom stereocenters. The van der Waals surface area contributed by atoms with Gasteiger partial charge in [-0.25, -0.2) is 24.1 Å². The predicted octanol–water partition coefficient (Wildman–Crippen LogP) is 24.8. The summed E-state index contributed by atoms with van der Waals surface area (Å²) in [6.45, 7) is 6.10. The van der Waals surface area contributed by atoms with Crippen LogP contribution in [0.15, 0.2) is 399 Å². The van der Waals surface area contributed by atoms with Crippen LogP contribution in [0.1, 0.15) is 65.3 Å². The second kappa shape index (κ2) is 31.1. The molecule has 1 aromatic heterocycles. The summed E-state index contributed by atoms with van der Waals surface area (Å²) in [5.74, 6) is 1.05. The molecule has 1 heterocycles. The molecule has 0 atom stereocenters. The fourth-order valence-electron chi connectivity index (χ4n) is 16.8. The Morgan fingerprint density at radius 2 is 0.589 bits per heavy atom. The van der Waals surface area contributed by atoms with Gasteiger partial charge in [-0.15, -0.1) is 0 Å². The van der Waals surface area contributed by atoms with Crippen LogP contribution in [0.2, 0.25) is 0 Å². The minimum absolute atomic E-state index is 0.0267. The van der Waals surface area contributed by atoms with Crippen LogP contribution in [0.25, 0.3) is 67.3 Å². The van der Waals surface area contributed by atoms with Gasteiger partial charge >= 0.3 is 0 Å². The lowest BCUT2D eigenvalue weighted by atomic mass is 9.70. The van der Waals surface area contributed by atoms with Crippen molar-refractivity contribution in [3.05, 3.63) is 439 Å². The molecule has 0 amide bonds. The average molecular weight is 1520 g/mol. The number of hydrogen-bond donors (Lipinski definition) is 0. The van der Waals surface area contributed by atoms with Gasteiger partial charge in [0.25, 0.3) is 17.2 Å². The number of nitrogens with zero attached hydrogens (tertiary/aromatic N) is 6. The molecular weight excluding hydrogens is 1450 g/mol. The van der Waals surface area contributed by atoms with Gasteiger partial charge in [-0.05, 0) is 170 Å². The first-order valence-corrected chi connectivity index (χ1v) is 41.4. The van der Waals surface area contributed by atoms with E-state index < -0.39 is 17.9 Å². The van der Waals surface area contributed by atoms with Crippen LogP contribution in [0, 0.1) is 0 Å². The Labute approximate surface area is 658 Å². The maximum Gasteiger partial charge on any atom is 0.287 e. The molecule has 0 radical (unpaired) electrons. The molecule has 0 aliphatic heterocycles. The molecule has 13 heteroatoms. The third-order valence-corrected chi connectivity index (χ3v) is 27.0. The molecule has 0 bridgehead atoms. The highest BCUT2D eigenvalue weighted by molar-refractivity contribution is 7.87. The van der Waals surface area contributed by atoms with Crippen molar-refractivity contribution in [2.24, 2.45) is 4.74 Å². The zero-order valence-corrected chi connectivity index (χ0v) is 65.3.